The summed E-state index contributed by atoms with van der Waals surface area (Å²) in [5.41, 5.74) is 1.03. The summed E-state index contributed by atoms with van der Waals surface area (Å²) < 4.78 is 4.94. The van der Waals surface area contributed by atoms with E-state index >= 15 is 0 Å². The minimum absolute atomic E-state index is 0.139. The number of carboxylic acid groups (broad SMARTS) is 1. The first-order valence-corrected chi connectivity index (χ1v) is 4.28. The van der Waals surface area contributed by atoms with Crippen molar-refractivity contribution in [3.63, 3.8) is 0 Å². The Labute approximate surface area is 75.6 Å². The lowest BCUT2D eigenvalue weighted by Gasteiger charge is -2.08. The molecule has 1 aliphatic rings. The third-order valence-corrected chi connectivity index (χ3v) is 2.39. The van der Waals surface area contributed by atoms with Crippen molar-refractivity contribution in [3.8, 4) is 0 Å². The summed E-state index contributed by atoms with van der Waals surface area (Å²) in [4.78, 5) is 10.6. The van der Waals surface area contributed by atoms with Gasteiger partial charge in [0.2, 0.25) is 0 Å². The zero-order chi connectivity index (χ0) is 9.26. The Hall–Kier alpha value is -1.29. The van der Waals surface area contributed by atoms with Crippen molar-refractivity contribution in [2.45, 2.75) is 24.9 Å². The van der Waals surface area contributed by atoms with Gasteiger partial charge in [-0.25, -0.2) is 0 Å². The highest BCUT2D eigenvalue weighted by molar-refractivity contribution is 5.73. The largest absolute Gasteiger partial charge is 0.480 e. The molecule has 1 fully saturated rings. The lowest BCUT2D eigenvalue weighted by Crippen LogP contribution is -2.31. The number of hydrogen-bond donors (Lipinski definition) is 2. The number of nitrogens with one attached hydrogen (secondary N) is 1. The Balaban J connectivity index is 2.03. The summed E-state index contributed by atoms with van der Waals surface area (Å²) in [6, 6.07) is 1.60. The van der Waals surface area contributed by atoms with Gasteiger partial charge in [0.15, 0.2) is 0 Å². The van der Waals surface area contributed by atoms with Gasteiger partial charge in [-0.2, -0.15) is 0 Å². The number of hydrogen-bond acceptors (Lipinski definition) is 3. The quantitative estimate of drug-likeness (QED) is 0.718. The lowest BCUT2D eigenvalue weighted by atomic mass is 10.1. The molecule has 2 N–H and O–H groups in total. The van der Waals surface area contributed by atoms with E-state index in [9.17, 15) is 4.79 Å². The molecular weight excluding hydrogens is 170 g/mol. The molecule has 0 radical (unpaired) electrons. The molecule has 1 aromatic heterocycles. The monoisotopic (exact) mass is 181 g/mol. The Morgan fingerprint density at radius 2 is 2.46 bits per heavy atom. The molecule has 1 saturated heterocycles. The van der Waals surface area contributed by atoms with E-state index in [1.165, 1.54) is 0 Å². The summed E-state index contributed by atoms with van der Waals surface area (Å²) in [6.07, 6.45) is 4.80. The molecule has 0 aliphatic carbocycles. The average molecular weight is 181 g/mol. The van der Waals surface area contributed by atoms with Crippen LogP contribution in [-0.2, 0) is 4.79 Å². The first-order valence-electron chi connectivity index (χ1n) is 4.28. The Morgan fingerprint density at radius 3 is 3.00 bits per heavy atom. The van der Waals surface area contributed by atoms with E-state index < -0.39 is 12.0 Å². The summed E-state index contributed by atoms with van der Waals surface area (Å²) in [7, 11) is 0. The Bertz CT molecular complexity index is 294. The molecule has 2 atom stereocenters. The number of aliphatic carboxylic acids is 1. The van der Waals surface area contributed by atoms with Crippen molar-refractivity contribution in [3.05, 3.63) is 24.2 Å². The van der Waals surface area contributed by atoms with Crippen LogP contribution in [0.5, 0.6) is 0 Å². The van der Waals surface area contributed by atoms with Crippen LogP contribution in [0.3, 0.4) is 0 Å². The molecule has 70 valence electrons. The normalized spacial score (nSPS) is 27.7. The van der Waals surface area contributed by atoms with E-state index in [-0.39, 0.29) is 6.04 Å². The number of furan rings is 1. The number of carbonyl (C=O) groups is 1. The molecule has 2 rings (SSSR count). The van der Waals surface area contributed by atoms with Crippen LogP contribution >= 0.6 is 0 Å². The molecule has 0 amide bonds. The molecule has 1 aliphatic heterocycles. The maximum absolute atomic E-state index is 10.6. The van der Waals surface area contributed by atoms with Crippen LogP contribution in [0.4, 0.5) is 0 Å². The van der Waals surface area contributed by atoms with Gasteiger partial charge in [-0.15, -0.1) is 0 Å². The Kier molecular flexibility index (Phi) is 2.06. The highest BCUT2D eigenvalue weighted by Gasteiger charge is 2.29. The van der Waals surface area contributed by atoms with Crippen LogP contribution < -0.4 is 5.32 Å². The van der Waals surface area contributed by atoms with Gasteiger partial charge in [0.05, 0.1) is 12.5 Å². The zero-order valence-corrected chi connectivity index (χ0v) is 7.06. The molecule has 0 unspecified atom stereocenters. The summed E-state index contributed by atoms with van der Waals surface area (Å²) in [6.45, 7) is 0. The molecule has 0 aromatic carbocycles. The van der Waals surface area contributed by atoms with E-state index in [4.69, 9.17) is 9.52 Å². The van der Waals surface area contributed by atoms with Gasteiger partial charge in [-0.3, -0.25) is 10.1 Å². The maximum Gasteiger partial charge on any atom is 0.320 e. The molecule has 0 spiro atoms. The van der Waals surface area contributed by atoms with Gasteiger partial charge in [0.25, 0.3) is 0 Å². The van der Waals surface area contributed by atoms with Crippen molar-refractivity contribution in [1.29, 1.82) is 0 Å². The van der Waals surface area contributed by atoms with Crippen molar-refractivity contribution in [2.24, 2.45) is 0 Å². The van der Waals surface area contributed by atoms with E-state index in [1.807, 2.05) is 6.07 Å². The minimum atomic E-state index is -0.772. The smallest absolute Gasteiger partial charge is 0.320 e. The highest BCUT2D eigenvalue weighted by atomic mass is 16.4. The maximum atomic E-state index is 10.6. The number of rotatable bonds is 2. The molecule has 0 saturated carbocycles. The van der Waals surface area contributed by atoms with Gasteiger partial charge in [0, 0.05) is 11.6 Å². The SMILES string of the molecule is O=C(O)[C@H]1CC[C@H](c2ccoc2)N1. The predicted molar refractivity (Wildman–Crippen MR) is 45.2 cm³/mol. The van der Waals surface area contributed by atoms with Crippen LogP contribution in [0.2, 0.25) is 0 Å². The summed E-state index contributed by atoms with van der Waals surface area (Å²) in [5.74, 6) is -0.772. The van der Waals surface area contributed by atoms with Crippen LogP contribution in [0.1, 0.15) is 24.4 Å². The fourth-order valence-corrected chi connectivity index (χ4v) is 1.67. The number of carboxylic acids is 1. The van der Waals surface area contributed by atoms with Crippen molar-refractivity contribution in [1.82, 2.24) is 5.32 Å². The topological polar surface area (TPSA) is 62.5 Å². The first-order chi connectivity index (χ1) is 6.27. The molecular formula is C9H11NO3. The fourth-order valence-electron chi connectivity index (χ4n) is 1.67. The van der Waals surface area contributed by atoms with E-state index in [1.54, 1.807) is 12.5 Å². The first kappa shape index (κ1) is 8.31. The second-order valence-electron chi connectivity index (χ2n) is 3.24. The average Bonchev–Trinajstić information content (AvgIpc) is 2.75. The Morgan fingerprint density at radius 1 is 1.62 bits per heavy atom. The van der Waals surface area contributed by atoms with E-state index in [0.29, 0.717) is 6.42 Å². The van der Waals surface area contributed by atoms with Crippen LogP contribution in [0.15, 0.2) is 23.0 Å². The second kappa shape index (κ2) is 3.22. The van der Waals surface area contributed by atoms with Gasteiger partial charge >= 0.3 is 5.97 Å². The molecule has 0 bridgehead atoms. The summed E-state index contributed by atoms with van der Waals surface area (Å²) >= 11 is 0. The van der Waals surface area contributed by atoms with Crippen LogP contribution in [0.25, 0.3) is 0 Å². The second-order valence-corrected chi connectivity index (χ2v) is 3.24. The summed E-state index contributed by atoms with van der Waals surface area (Å²) in [5, 5.41) is 11.8. The van der Waals surface area contributed by atoms with E-state index in [2.05, 4.69) is 5.32 Å². The van der Waals surface area contributed by atoms with Crippen molar-refractivity contribution < 1.29 is 14.3 Å². The fraction of sp³-hybridized carbons (Fsp3) is 0.444. The van der Waals surface area contributed by atoms with Crippen LogP contribution in [0, 0.1) is 0 Å². The van der Waals surface area contributed by atoms with Crippen LogP contribution in [-0.4, -0.2) is 17.1 Å². The van der Waals surface area contributed by atoms with Crippen molar-refractivity contribution in [2.75, 3.05) is 0 Å². The van der Waals surface area contributed by atoms with Gasteiger partial charge < -0.3 is 9.52 Å². The predicted octanol–water partition coefficient (Wildman–Crippen LogP) is 1.16. The lowest BCUT2D eigenvalue weighted by molar-refractivity contribution is -0.139. The van der Waals surface area contributed by atoms with E-state index in [0.717, 1.165) is 12.0 Å². The van der Waals surface area contributed by atoms with Gasteiger partial charge in [-0.1, -0.05) is 0 Å². The van der Waals surface area contributed by atoms with Crippen molar-refractivity contribution >= 4 is 5.97 Å². The highest BCUT2D eigenvalue weighted by Crippen LogP contribution is 2.26. The zero-order valence-electron chi connectivity index (χ0n) is 7.06. The standard InChI is InChI=1S/C9H11NO3/c11-9(12)8-2-1-7(10-8)6-3-4-13-5-6/h3-5,7-8,10H,1-2H2,(H,11,12)/t7-,8-/m1/s1. The third kappa shape index (κ3) is 1.58. The molecule has 2 heterocycles. The third-order valence-electron chi connectivity index (χ3n) is 2.39. The van der Waals surface area contributed by atoms with Gasteiger partial charge in [0.1, 0.15) is 6.04 Å². The minimum Gasteiger partial charge on any atom is -0.480 e. The van der Waals surface area contributed by atoms with Gasteiger partial charge in [-0.05, 0) is 18.9 Å². The molecule has 4 nitrogen and oxygen atoms in total. The molecule has 13 heavy (non-hydrogen) atoms. The molecule has 1 aromatic rings. The molecule has 4 heteroatoms.